The van der Waals surface area contributed by atoms with E-state index < -0.39 is 0 Å². The molecule has 4 heterocycles. The fourth-order valence-electron chi connectivity index (χ4n) is 4.59. The molecule has 1 aliphatic heterocycles. The molecule has 0 spiro atoms. The zero-order valence-corrected chi connectivity index (χ0v) is 19.2. The van der Waals surface area contributed by atoms with Gasteiger partial charge in [-0.3, -0.25) is 14.6 Å². The Balaban J connectivity index is 1.34. The van der Waals surface area contributed by atoms with Crippen LogP contribution in [0.4, 0.5) is 5.69 Å². The predicted molar refractivity (Wildman–Crippen MR) is 130 cm³/mol. The number of nitriles is 1. The van der Waals surface area contributed by atoms with Crippen molar-refractivity contribution >= 4 is 28.4 Å². The molecule has 174 valence electrons. The molecule has 5 rings (SSSR count). The second kappa shape index (κ2) is 9.35. The maximum Gasteiger partial charge on any atom is 0.291 e. The van der Waals surface area contributed by atoms with Crippen molar-refractivity contribution in [3.05, 3.63) is 83.8 Å². The minimum atomic E-state index is -0.367. The Morgan fingerprint density at radius 2 is 1.83 bits per heavy atom. The molecule has 0 atom stereocenters. The first kappa shape index (κ1) is 22.2. The normalized spacial score (nSPS) is 14.0. The molecule has 9 nitrogen and oxygen atoms in total. The van der Waals surface area contributed by atoms with Gasteiger partial charge in [0.25, 0.3) is 11.8 Å². The number of anilines is 1. The second-order valence-corrected chi connectivity index (χ2v) is 8.56. The number of pyridine rings is 1. The van der Waals surface area contributed by atoms with Crippen LogP contribution in [-0.4, -0.2) is 49.3 Å². The molecule has 0 radical (unpaired) electrons. The van der Waals surface area contributed by atoms with Crippen molar-refractivity contribution in [3.63, 3.8) is 0 Å². The first-order chi connectivity index (χ1) is 17.0. The van der Waals surface area contributed by atoms with Gasteiger partial charge in [-0.25, -0.2) is 9.97 Å². The molecular weight excluding hydrogens is 442 g/mol. The molecule has 1 N–H and O–H groups in total. The predicted octanol–water partition coefficient (Wildman–Crippen LogP) is 3.51. The number of nitrogens with one attached hydrogen (secondary N) is 1. The number of fused-ring (bicyclic) bond motifs is 1. The third-order valence-electron chi connectivity index (χ3n) is 6.38. The summed E-state index contributed by atoms with van der Waals surface area (Å²) >= 11 is 0. The van der Waals surface area contributed by atoms with E-state index in [9.17, 15) is 9.59 Å². The van der Waals surface area contributed by atoms with Crippen LogP contribution in [0.5, 0.6) is 0 Å². The smallest absolute Gasteiger partial charge is 0.291 e. The van der Waals surface area contributed by atoms with Crippen LogP contribution in [-0.2, 0) is 7.05 Å². The molecule has 1 fully saturated rings. The summed E-state index contributed by atoms with van der Waals surface area (Å²) in [7, 11) is 2.01. The summed E-state index contributed by atoms with van der Waals surface area (Å²) in [5.74, 6) is 0.0144. The summed E-state index contributed by atoms with van der Waals surface area (Å²) in [6.07, 6.45) is 8.41. The van der Waals surface area contributed by atoms with E-state index in [-0.39, 0.29) is 23.3 Å². The summed E-state index contributed by atoms with van der Waals surface area (Å²) in [5.41, 5.74) is 3.50. The number of amides is 2. The number of rotatable bonds is 4. The minimum Gasteiger partial charge on any atom is -0.350 e. The van der Waals surface area contributed by atoms with Crippen molar-refractivity contribution in [2.45, 2.75) is 18.8 Å². The average molecular weight is 466 g/mol. The van der Waals surface area contributed by atoms with Gasteiger partial charge >= 0.3 is 0 Å². The Morgan fingerprint density at radius 3 is 2.57 bits per heavy atom. The molecule has 1 saturated heterocycles. The quantitative estimate of drug-likeness (QED) is 0.493. The number of hydrogen-bond donors (Lipinski definition) is 1. The summed E-state index contributed by atoms with van der Waals surface area (Å²) in [4.78, 5) is 39.4. The number of aryl methyl sites for hydroxylation is 1. The van der Waals surface area contributed by atoms with Crippen molar-refractivity contribution in [1.29, 1.82) is 5.26 Å². The van der Waals surface area contributed by atoms with Crippen molar-refractivity contribution in [1.82, 2.24) is 24.4 Å². The molecule has 0 saturated carbocycles. The van der Waals surface area contributed by atoms with Gasteiger partial charge in [-0.1, -0.05) is 0 Å². The number of piperidine rings is 1. The third-order valence-corrected chi connectivity index (χ3v) is 6.38. The third kappa shape index (κ3) is 4.46. The van der Waals surface area contributed by atoms with E-state index in [2.05, 4.69) is 31.0 Å². The van der Waals surface area contributed by atoms with Crippen LogP contribution in [0.1, 0.15) is 51.0 Å². The lowest BCUT2D eigenvalue weighted by atomic mass is 9.89. The van der Waals surface area contributed by atoms with Crippen LogP contribution >= 0.6 is 0 Å². The minimum absolute atomic E-state index is 0.138. The van der Waals surface area contributed by atoms with E-state index >= 15 is 0 Å². The van der Waals surface area contributed by atoms with Gasteiger partial charge in [0.15, 0.2) is 0 Å². The number of nitrogens with zero attached hydrogens (tertiary/aromatic N) is 6. The van der Waals surface area contributed by atoms with Gasteiger partial charge in [-0.15, -0.1) is 0 Å². The van der Waals surface area contributed by atoms with Gasteiger partial charge in [0, 0.05) is 61.5 Å². The lowest BCUT2D eigenvalue weighted by Gasteiger charge is -2.31. The standard InChI is InChI=1S/C26H23N7O2/c1-32-16-21(18-6-11-33(12-7-18)26(35)24-29-8-2-9-30-24)20-14-19(3-4-23(20)32)31-25(34)22-13-17(15-27)5-10-28-22/h2-5,8-10,13-14,16,18H,6-7,11-12H2,1H3,(H,31,34). The highest BCUT2D eigenvalue weighted by atomic mass is 16.2. The van der Waals surface area contributed by atoms with Crippen molar-refractivity contribution < 1.29 is 9.59 Å². The van der Waals surface area contributed by atoms with E-state index in [1.54, 1.807) is 24.5 Å². The van der Waals surface area contributed by atoms with E-state index in [1.807, 2.05) is 36.2 Å². The maximum absolute atomic E-state index is 12.7. The molecule has 1 aromatic carbocycles. The van der Waals surface area contributed by atoms with Gasteiger partial charge < -0.3 is 14.8 Å². The molecule has 0 unspecified atom stereocenters. The van der Waals surface area contributed by atoms with Crippen LogP contribution < -0.4 is 5.32 Å². The van der Waals surface area contributed by atoms with Crippen LogP contribution in [0, 0.1) is 11.3 Å². The summed E-state index contributed by atoms with van der Waals surface area (Å²) in [6, 6.07) is 12.6. The Bertz CT molecular complexity index is 1450. The largest absolute Gasteiger partial charge is 0.350 e. The Labute approximate surface area is 202 Å². The van der Waals surface area contributed by atoms with E-state index in [0.717, 1.165) is 23.7 Å². The summed E-state index contributed by atoms with van der Waals surface area (Å²) in [6.45, 7) is 1.27. The molecule has 3 aromatic heterocycles. The van der Waals surface area contributed by atoms with E-state index in [0.29, 0.717) is 30.3 Å². The van der Waals surface area contributed by atoms with Crippen molar-refractivity contribution in [2.24, 2.45) is 7.05 Å². The molecule has 1 aliphatic rings. The van der Waals surface area contributed by atoms with Crippen molar-refractivity contribution in [3.8, 4) is 6.07 Å². The Kier molecular flexibility index (Phi) is 5.94. The maximum atomic E-state index is 12.7. The van der Waals surface area contributed by atoms with Crippen LogP contribution in [0.3, 0.4) is 0 Å². The van der Waals surface area contributed by atoms with Gasteiger partial charge in [0.1, 0.15) is 5.69 Å². The number of benzene rings is 1. The molecule has 0 bridgehead atoms. The van der Waals surface area contributed by atoms with Gasteiger partial charge in [-0.2, -0.15) is 5.26 Å². The lowest BCUT2D eigenvalue weighted by Crippen LogP contribution is -2.38. The topological polar surface area (TPSA) is 117 Å². The monoisotopic (exact) mass is 465 g/mol. The highest BCUT2D eigenvalue weighted by Crippen LogP contribution is 2.35. The zero-order chi connectivity index (χ0) is 24.4. The van der Waals surface area contributed by atoms with Crippen LogP contribution in [0.15, 0.2) is 61.2 Å². The number of carbonyl (C=O) groups excluding carboxylic acids is 2. The van der Waals surface area contributed by atoms with Crippen molar-refractivity contribution in [2.75, 3.05) is 18.4 Å². The first-order valence-electron chi connectivity index (χ1n) is 11.4. The molecule has 0 aliphatic carbocycles. The fraction of sp³-hybridized carbons (Fsp3) is 0.231. The molecular formula is C26H23N7O2. The van der Waals surface area contributed by atoms with Crippen LogP contribution in [0.25, 0.3) is 10.9 Å². The van der Waals surface area contributed by atoms with Gasteiger partial charge in [-0.05, 0) is 60.7 Å². The second-order valence-electron chi connectivity index (χ2n) is 8.56. The van der Waals surface area contributed by atoms with E-state index in [4.69, 9.17) is 5.26 Å². The SMILES string of the molecule is Cn1cc(C2CCN(C(=O)c3ncccn3)CC2)c2cc(NC(=O)c3cc(C#N)ccn3)ccc21. The molecule has 2 amide bonds. The zero-order valence-electron chi connectivity index (χ0n) is 19.2. The average Bonchev–Trinajstić information content (AvgIpc) is 3.24. The summed E-state index contributed by atoms with van der Waals surface area (Å²) in [5, 5.41) is 13.0. The summed E-state index contributed by atoms with van der Waals surface area (Å²) < 4.78 is 2.09. The Morgan fingerprint density at radius 1 is 1.06 bits per heavy atom. The molecule has 35 heavy (non-hydrogen) atoms. The molecule has 9 heteroatoms. The van der Waals surface area contributed by atoms with E-state index in [1.165, 1.54) is 17.8 Å². The van der Waals surface area contributed by atoms with Gasteiger partial charge in [0.2, 0.25) is 5.82 Å². The highest BCUT2D eigenvalue weighted by molar-refractivity contribution is 6.04. The first-order valence-corrected chi connectivity index (χ1v) is 11.4. The number of hydrogen-bond acceptors (Lipinski definition) is 6. The van der Waals surface area contributed by atoms with Crippen LogP contribution in [0.2, 0.25) is 0 Å². The number of aromatic nitrogens is 4. The number of likely N-dealkylation sites (tertiary alicyclic amines) is 1. The molecule has 4 aromatic rings. The Hall–Kier alpha value is -4.58. The highest BCUT2D eigenvalue weighted by Gasteiger charge is 2.27. The lowest BCUT2D eigenvalue weighted by molar-refractivity contribution is 0.0700. The fourth-order valence-corrected chi connectivity index (χ4v) is 4.59. The van der Waals surface area contributed by atoms with Gasteiger partial charge in [0.05, 0.1) is 11.6 Å². The number of carbonyl (C=O) groups is 2.